The van der Waals surface area contributed by atoms with E-state index in [1.54, 1.807) is 13.4 Å². The first kappa shape index (κ1) is 12.4. The number of aromatic nitrogens is 2. The summed E-state index contributed by atoms with van der Waals surface area (Å²) in [6, 6.07) is 4.52. The van der Waals surface area contributed by atoms with E-state index in [0.29, 0.717) is 6.04 Å². The standard InChI is InChI=1S/C14H19N3O2/c1-18-6-4-14-10-16(8-12-3-7-19-11-12)9-13-2-5-15-17(13)14/h2-3,5,7,11,14H,4,6,8-10H2,1H3. The van der Waals surface area contributed by atoms with Crippen molar-refractivity contribution in [3.05, 3.63) is 42.1 Å². The summed E-state index contributed by atoms with van der Waals surface area (Å²) < 4.78 is 12.5. The van der Waals surface area contributed by atoms with Gasteiger partial charge < -0.3 is 9.15 Å². The minimum Gasteiger partial charge on any atom is -0.472 e. The van der Waals surface area contributed by atoms with Gasteiger partial charge >= 0.3 is 0 Å². The van der Waals surface area contributed by atoms with E-state index in [4.69, 9.17) is 9.15 Å². The van der Waals surface area contributed by atoms with Crippen molar-refractivity contribution in [1.82, 2.24) is 14.7 Å². The van der Waals surface area contributed by atoms with Crippen LogP contribution in [-0.2, 0) is 17.8 Å². The zero-order valence-corrected chi connectivity index (χ0v) is 11.2. The topological polar surface area (TPSA) is 43.4 Å². The molecular formula is C14H19N3O2. The van der Waals surface area contributed by atoms with Crippen LogP contribution in [0, 0.1) is 0 Å². The highest BCUT2D eigenvalue weighted by Crippen LogP contribution is 2.24. The van der Waals surface area contributed by atoms with Gasteiger partial charge in [0, 0.05) is 45.1 Å². The third-order valence-electron chi connectivity index (χ3n) is 3.59. The maximum atomic E-state index is 5.20. The second kappa shape index (κ2) is 5.59. The molecule has 102 valence electrons. The fraction of sp³-hybridized carbons (Fsp3) is 0.500. The van der Waals surface area contributed by atoms with E-state index in [-0.39, 0.29) is 0 Å². The Labute approximate surface area is 112 Å². The van der Waals surface area contributed by atoms with Gasteiger partial charge in [-0.2, -0.15) is 5.10 Å². The lowest BCUT2D eigenvalue weighted by molar-refractivity contribution is 0.125. The number of rotatable bonds is 5. The molecule has 1 atom stereocenters. The van der Waals surface area contributed by atoms with Crippen LogP contribution in [0.15, 0.2) is 35.3 Å². The number of fused-ring (bicyclic) bond motifs is 1. The molecule has 5 heteroatoms. The van der Waals surface area contributed by atoms with Crippen LogP contribution in [0.5, 0.6) is 0 Å². The lowest BCUT2D eigenvalue weighted by Crippen LogP contribution is -2.37. The van der Waals surface area contributed by atoms with Crippen LogP contribution in [-0.4, -0.2) is 34.9 Å². The molecule has 0 saturated carbocycles. The predicted octanol–water partition coefficient (Wildman–Crippen LogP) is 2.07. The molecule has 1 aliphatic rings. The molecule has 0 spiro atoms. The normalized spacial score (nSPS) is 19.5. The Hall–Kier alpha value is -1.59. The maximum absolute atomic E-state index is 5.20. The summed E-state index contributed by atoms with van der Waals surface area (Å²) in [5.74, 6) is 0. The quantitative estimate of drug-likeness (QED) is 0.826. The van der Waals surface area contributed by atoms with Crippen molar-refractivity contribution >= 4 is 0 Å². The Morgan fingerprint density at radius 2 is 2.42 bits per heavy atom. The molecule has 5 nitrogen and oxygen atoms in total. The summed E-state index contributed by atoms with van der Waals surface area (Å²) in [6.45, 7) is 3.63. The van der Waals surface area contributed by atoms with Crippen molar-refractivity contribution in [2.45, 2.75) is 25.6 Å². The van der Waals surface area contributed by atoms with Crippen LogP contribution >= 0.6 is 0 Å². The van der Waals surface area contributed by atoms with Crippen molar-refractivity contribution < 1.29 is 9.15 Å². The first-order valence-corrected chi connectivity index (χ1v) is 6.61. The second-order valence-corrected chi connectivity index (χ2v) is 5.00. The number of ether oxygens (including phenoxy) is 1. The Morgan fingerprint density at radius 3 is 3.21 bits per heavy atom. The van der Waals surface area contributed by atoms with Crippen LogP contribution in [0.4, 0.5) is 0 Å². The van der Waals surface area contributed by atoms with Crippen molar-refractivity contribution in [2.24, 2.45) is 0 Å². The van der Waals surface area contributed by atoms with Crippen molar-refractivity contribution in [3.8, 4) is 0 Å². The van der Waals surface area contributed by atoms with Gasteiger partial charge in [0.1, 0.15) is 0 Å². The molecule has 1 aliphatic heterocycles. The molecule has 0 fully saturated rings. The fourth-order valence-corrected chi connectivity index (χ4v) is 2.69. The molecule has 3 rings (SSSR count). The average molecular weight is 261 g/mol. The monoisotopic (exact) mass is 261 g/mol. The second-order valence-electron chi connectivity index (χ2n) is 5.00. The molecule has 0 bridgehead atoms. The number of methoxy groups -OCH3 is 1. The number of hydrogen-bond donors (Lipinski definition) is 0. The summed E-state index contributed by atoms with van der Waals surface area (Å²) in [5.41, 5.74) is 2.49. The van der Waals surface area contributed by atoms with Crippen LogP contribution in [0.3, 0.4) is 0 Å². The molecule has 0 aromatic carbocycles. The highest BCUT2D eigenvalue weighted by molar-refractivity contribution is 5.09. The molecule has 2 aromatic rings. The minimum absolute atomic E-state index is 0.394. The summed E-state index contributed by atoms with van der Waals surface area (Å²) in [6.07, 6.45) is 6.42. The Kier molecular flexibility index (Phi) is 3.66. The SMILES string of the molecule is COCCC1CN(Cc2ccoc2)Cc2ccnn21. The first-order valence-electron chi connectivity index (χ1n) is 6.61. The van der Waals surface area contributed by atoms with Crippen molar-refractivity contribution in [2.75, 3.05) is 20.3 Å². The van der Waals surface area contributed by atoms with Crippen LogP contribution < -0.4 is 0 Å². The van der Waals surface area contributed by atoms with Gasteiger partial charge in [-0.25, -0.2) is 0 Å². The number of nitrogens with zero attached hydrogens (tertiary/aromatic N) is 3. The van der Waals surface area contributed by atoms with E-state index < -0.39 is 0 Å². The van der Waals surface area contributed by atoms with Crippen molar-refractivity contribution in [1.29, 1.82) is 0 Å². The molecular weight excluding hydrogens is 242 g/mol. The third-order valence-corrected chi connectivity index (χ3v) is 3.59. The van der Waals surface area contributed by atoms with Gasteiger partial charge in [-0.1, -0.05) is 0 Å². The van der Waals surface area contributed by atoms with Gasteiger partial charge in [0.15, 0.2) is 0 Å². The molecule has 19 heavy (non-hydrogen) atoms. The van der Waals surface area contributed by atoms with Gasteiger partial charge in [-0.05, 0) is 18.6 Å². The molecule has 0 radical (unpaired) electrons. The highest BCUT2D eigenvalue weighted by atomic mass is 16.5. The number of furan rings is 1. The Balaban J connectivity index is 1.72. The van der Waals surface area contributed by atoms with E-state index in [1.807, 2.05) is 18.5 Å². The summed E-state index contributed by atoms with van der Waals surface area (Å²) in [7, 11) is 1.75. The van der Waals surface area contributed by atoms with E-state index in [1.165, 1.54) is 11.3 Å². The minimum atomic E-state index is 0.394. The zero-order chi connectivity index (χ0) is 13.1. The van der Waals surface area contributed by atoms with Crippen LogP contribution in [0.1, 0.15) is 23.7 Å². The van der Waals surface area contributed by atoms with Gasteiger partial charge in [-0.15, -0.1) is 0 Å². The molecule has 0 amide bonds. The zero-order valence-electron chi connectivity index (χ0n) is 11.2. The first-order chi connectivity index (χ1) is 9.36. The van der Waals surface area contributed by atoms with Gasteiger partial charge in [0.2, 0.25) is 0 Å². The predicted molar refractivity (Wildman–Crippen MR) is 70.6 cm³/mol. The molecule has 0 aliphatic carbocycles. The molecule has 3 heterocycles. The van der Waals surface area contributed by atoms with E-state index in [0.717, 1.165) is 32.7 Å². The molecule has 0 N–H and O–H groups in total. The Bertz CT molecular complexity index is 507. The maximum Gasteiger partial charge on any atom is 0.0947 e. The Morgan fingerprint density at radius 1 is 1.47 bits per heavy atom. The van der Waals surface area contributed by atoms with Crippen LogP contribution in [0.2, 0.25) is 0 Å². The van der Waals surface area contributed by atoms with E-state index in [9.17, 15) is 0 Å². The molecule has 2 aromatic heterocycles. The van der Waals surface area contributed by atoms with Gasteiger partial charge in [-0.3, -0.25) is 9.58 Å². The largest absolute Gasteiger partial charge is 0.472 e. The van der Waals surface area contributed by atoms with E-state index in [2.05, 4.69) is 20.7 Å². The van der Waals surface area contributed by atoms with Crippen LogP contribution in [0.25, 0.3) is 0 Å². The lowest BCUT2D eigenvalue weighted by Gasteiger charge is -2.33. The fourth-order valence-electron chi connectivity index (χ4n) is 2.69. The third kappa shape index (κ3) is 2.72. The van der Waals surface area contributed by atoms with Gasteiger partial charge in [0.25, 0.3) is 0 Å². The van der Waals surface area contributed by atoms with Crippen molar-refractivity contribution in [3.63, 3.8) is 0 Å². The average Bonchev–Trinajstić information content (AvgIpc) is 3.06. The lowest BCUT2D eigenvalue weighted by atomic mass is 10.1. The summed E-state index contributed by atoms with van der Waals surface area (Å²) in [4.78, 5) is 2.43. The summed E-state index contributed by atoms with van der Waals surface area (Å²) in [5, 5.41) is 4.44. The highest BCUT2D eigenvalue weighted by Gasteiger charge is 2.25. The van der Waals surface area contributed by atoms with E-state index >= 15 is 0 Å². The summed E-state index contributed by atoms with van der Waals surface area (Å²) >= 11 is 0. The molecule has 1 unspecified atom stereocenters. The smallest absolute Gasteiger partial charge is 0.0947 e. The molecule has 0 saturated heterocycles. The number of hydrogen-bond acceptors (Lipinski definition) is 4. The van der Waals surface area contributed by atoms with Gasteiger partial charge in [0.05, 0.1) is 24.3 Å².